The molecule has 6 heteroatoms. The first-order valence-corrected chi connectivity index (χ1v) is 6.87. The summed E-state index contributed by atoms with van der Waals surface area (Å²) in [5, 5.41) is 0.391. The lowest BCUT2D eigenvalue weighted by atomic mass is 10.1. The van der Waals surface area contributed by atoms with Crippen LogP contribution < -0.4 is 10.5 Å². The van der Waals surface area contributed by atoms with Gasteiger partial charge in [0, 0.05) is 10.6 Å². The molecule has 22 heavy (non-hydrogen) atoms. The van der Waals surface area contributed by atoms with Crippen LogP contribution in [0.4, 0.5) is 0 Å². The van der Waals surface area contributed by atoms with Crippen LogP contribution in [0.25, 0.3) is 22.3 Å². The summed E-state index contributed by atoms with van der Waals surface area (Å²) in [4.78, 5) is 20.3. The summed E-state index contributed by atoms with van der Waals surface area (Å²) in [6.45, 7) is 0. The minimum Gasteiger partial charge on any atom is -0.497 e. The molecular formula is C16H12ClN3O2. The average Bonchev–Trinajstić information content (AvgIpc) is 2.53. The molecule has 0 bridgehead atoms. The number of ether oxygens (including phenoxy) is 1. The van der Waals surface area contributed by atoms with E-state index in [1.165, 1.54) is 6.07 Å². The second-order valence-electron chi connectivity index (χ2n) is 4.67. The fourth-order valence-electron chi connectivity index (χ4n) is 2.18. The highest BCUT2D eigenvalue weighted by atomic mass is 35.5. The lowest BCUT2D eigenvalue weighted by Gasteiger charge is -2.07. The van der Waals surface area contributed by atoms with Gasteiger partial charge in [-0.1, -0.05) is 11.6 Å². The van der Waals surface area contributed by atoms with E-state index in [4.69, 9.17) is 22.1 Å². The number of hydrogen-bond acceptors (Lipinski definition) is 4. The van der Waals surface area contributed by atoms with Crippen LogP contribution in [0.1, 0.15) is 10.4 Å². The van der Waals surface area contributed by atoms with Crippen molar-refractivity contribution in [2.24, 2.45) is 5.73 Å². The molecule has 1 amide bonds. The smallest absolute Gasteiger partial charge is 0.251 e. The van der Waals surface area contributed by atoms with Crippen LogP contribution in [0.2, 0.25) is 5.02 Å². The molecule has 110 valence electrons. The summed E-state index contributed by atoms with van der Waals surface area (Å²) in [5.41, 5.74) is 8.13. The first-order valence-electron chi connectivity index (χ1n) is 6.49. The number of nitrogens with two attached hydrogens (primary N) is 1. The van der Waals surface area contributed by atoms with Gasteiger partial charge in [0.15, 0.2) is 0 Å². The van der Waals surface area contributed by atoms with Crippen LogP contribution in [-0.4, -0.2) is 23.0 Å². The highest BCUT2D eigenvalue weighted by Gasteiger charge is 2.12. The summed E-state index contributed by atoms with van der Waals surface area (Å²) in [7, 11) is 1.61. The van der Waals surface area contributed by atoms with Crippen molar-refractivity contribution in [1.82, 2.24) is 9.97 Å². The largest absolute Gasteiger partial charge is 0.497 e. The Hall–Kier alpha value is -2.66. The minimum absolute atomic E-state index is 0.260. The molecule has 0 saturated heterocycles. The number of benzene rings is 2. The van der Waals surface area contributed by atoms with E-state index in [1.807, 2.05) is 24.3 Å². The Kier molecular flexibility index (Phi) is 3.65. The maximum absolute atomic E-state index is 11.5. The van der Waals surface area contributed by atoms with Crippen molar-refractivity contribution in [2.75, 3.05) is 7.11 Å². The Morgan fingerprint density at radius 1 is 1.23 bits per heavy atom. The SMILES string of the molecule is COc1ccc(-c2cnc3c(C(N)=O)cc(Cl)cc3n2)cc1. The number of rotatable bonds is 3. The number of primary amides is 1. The van der Waals surface area contributed by atoms with Crippen molar-refractivity contribution in [2.45, 2.75) is 0 Å². The van der Waals surface area contributed by atoms with Crippen molar-refractivity contribution >= 4 is 28.5 Å². The summed E-state index contributed by atoms with van der Waals surface area (Å²) in [6.07, 6.45) is 1.60. The number of hydrogen-bond donors (Lipinski definition) is 1. The van der Waals surface area contributed by atoms with Crippen LogP contribution in [0.3, 0.4) is 0 Å². The molecule has 3 aromatic rings. The zero-order valence-corrected chi connectivity index (χ0v) is 12.5. The molecule has 5 nitrogen and oxygen atoms in total. The van der Waals surface area contributed by atoms with Gasteiger partial charge in [-0.2, -0.15) is 0 Å². The van der Waals surface area contributed by atoms with Gasteiger partial charge in [-0.3, -0.25) is 9.78 Å². The molecule has 3 rings (SSSR count). The van der Waals surface area contributed by atoms with Gasteiger partial charge in [0.05, 0.1) is 30.1 Å². The normalized spacial score (nSPS) is 10.6. The van der Waals surface area contributed by atoms with Crippen molar-refractivity contribution in [3.05, 3.63) is 53.2 Å². The third kappa shape index (κ3) is 2.58. The number of amides is 1. The van der Waals surface area contributed by atoms with Crippen molar-refractivity contribution in [3.63, 3.8) is 0 Å². The summed E-state index contributed by atoms with van der Waals surface area (Å²) < 4.78 is 5.13. The third-order valence-electron chi connectivity index (χ3n) is 3.26. The van der Waals surface area contributed by atoms with E-state index in [1.54, 1.807) is 19.4 Å². The first kappa shape index (κ1) is 14.3. The van der Waals surface area contributed by atoms with E-state index in [9.17, 15) is 4.79 Å². The summed E-state index contributed by atoms with van der Waals surface area (Å²) in [6, 6.07) is 10.6. The molecule has 0 fully saturated rings. The predicted octanol–water partition coefficient (Wildman–Crippen LogP) is 3.06. The van der Waals surface area contributed by atoms with Gasteiger partial charge in [-0.15, -0.1) is 0 Å². The van der Waals surface area contributed by atoms with E-state index in [-0.39, 0.29) is 5.56 Å². The number of carbonyl (C=O) groups is 1. The Bertz CT molecular complexity index is 863. The van der Waals surface area contributed by atoms with E-state index < -0.39 is 5.91 Å². The number of carbonyl (C=O) groups excluding carboxylic acids is 1. The Morgan fingerprint density at radius 3 is 2.59 bits per heavy atom. The Labute approximate surface area is 131 Å². The van der Waals surface area contributed by atoms with Crippen LogP contribution in [0.5, 0.6) is 5.75 Å². The van der Waals surface area contributed by atoms with Gasteiger partial charge in [0.1, 0.15) is 11.3 Å². The number of methoxy groups -OCH3 is 1. The molecular weight excluding hydrogens is 302 g/mol. The fraction of sp³-hybridized carbons (Fsp3) is 0.0625. The molecule has 2 N–H and O–H groups in total. The van der Waals surface area contributed by atoms with Crippen molar-refractivity contribution in [1.29, 1.82) is 0 Å². The van der Waals surface area contributed by atoms with Gasteiger partial charge < -0.3 is 10.5 Å². The number of fused-ring (bicyclic) bond motifs is 1. The van der Waals surface area contributed by atoms with E-state index >= 15 is 0 Å². The summed E-state index contributed by atoms with van der Waals surface area (Å²) >= 11 is 6.01. The molecule has 0 aliphatic carbocycles. The minimum atomic E-state index is -0.584. The number of nitrogens with zero attached hydrogens (tertiary/aromatic N) is 2. The molecule has 1 aromatic heterocycles. The Balaban J connectivity index is 2.14. The zero-order chi connectivity index (χ0) is 15.7. The number of halogens is 1. The van der Waals surface area contributed by atoms with E-state index in [0.717, 1.165) is 11.3 Å². The average molecular weight is 314 g/mol. The molecule has 0 radical (unpaired) electrons. The quantitative estimate of drug-likeness (QED) is 0.806. The van der Waals surface area contributed by atoms with Gasteiger partial charge >= 0.3 is 0 Å². The zero-order valence-electron chi connectivity index (χ0n) is 11.7. The topological polar surface area (TPSA) is 78.1 Å². The maximum atomic E-state index is 11.5. The molecule has 2 aromatic carbocycles. The lowest BCUT2D eigenvalue weighted by molar-refractivity contribution is 0.100. The monoisotopic (exact) mass is 313 g/mol. The van der Waals surface area contributed by atoms with E-state index in [2.05, 4.69) is 9.97 Å². The Morgan fingerprint density at radius 2 is 1.95 bits per heavy atom. The fourth-order valence-corrected chi connectivity index (χ4v) is 2.39. The van der Waals surface area contributed by atoms with Crippen molar-refractivity contribution < 1.29 is 9.53 Å². The van der Waals surface area contributed by atoms with Crippen LogP contribution in [0.15, 0.2) is 42.6 Å². The molecule has 0 atom stereocenters. The van der Waals surface area contributed by atoms with Crippen LogP contribution >= 0.6 is 11.6 Å². The predicted molar refractivity (Wildman–Crippen MR) is 85.1 cm³/mol. The van der Waals surface area contributed by atoms with Gasteiger partial charge in [-0.25, -0.2) is 4.98 Å². The summed E-state index contributed by atoms with van der Waals surface area (Å²) in [5.74, 6) is 0.176. The highest BCUT2D eigenvalue weighted by molar-refractivity contribution is 6.32. The van der Waals surface area contributed by atoms with Gasteiger partial charge in [0.25, 0.3) is 5.91 Å². The lowest BCUT2D eigenvalue weighted by Crippen LogP contribution is -2.12. The first-order chi connectivity index (χ1) is 10.6. The number of aromatic nitrogens is 2. The molecule has 0 saturated carbocycles. The van der Waals surface area contributed by atoms with Crippen LogP contribution in [0, 0.1) is 0 Å². The second-order valence-corrected chi connectivity index (χ2v) is 5.11. The third-order valence-corrected chi connectivity index (χ3v) is 3.48. The van der Waals surface area contributed by atoms with Crippen LogP contribution in [-0.2, 0) is 0 Å². The van der Waals surface area contributed by atoms with Gasteiger partial charge in [-0.05, 0) is 36.4 Å². The van der Waals surface area contributed by atoms with Crippen molar-refractivity contribution in [3.8, 4) is 17.0 Å². The second kappa shape index (κ2) is 5.61. The maximum Gasteiger partial charge on any atom is 0.251 e. The van der Waals surface area contributed by atoms with E-state index in [0.29, 0.717) is 21.7 Å². The molecule has 0 aliphatic rings. The molecule has 0 spiro atoms. The van der Waals surface area contributed by atoms with Gasteiger partial charge in [0.2, 0.25) is 0 Å². The molecule has 1 heterocycles. The highest BCUT2D eigenvalue weighted by Crippen LogP contribution is 2.25. The molecule has 0 aliphatic heterocycles. The standard InChI is InChI=1S/C16H12ClN3O2/c1-22-11-4-2-9(3-5-11)14-8-19-15-12(16(18)21)6-10(17)7-13(15)20-14/h2-8H,1H3,(H2,18,21). The molecule has 0 unspecified atom stereocenters.